The minimum atomic E-state index is -1.28. The van der Waals surface area contributed by atoms with Gasteiger partial charge in [-0.2, -0.15) is 0 Å². The second-order valence-electron chi connectivity index (χ2n) is 8.77. The van der Waals surface area contributed by atoms with Gasteiger partial charge in [0.25, 0.3) is 0 Å². The molecule has 0 spiro atoms. The molecule has 1 amide bonds. The molecular weight excluding hydrogens is 437 g/mol. The van der Waals surface area contributed by atoms with Crippen LogP contribution >= 0.6 is 0 Å². The van der Waals surface area contributed by atoms with Crippen LogP contribution in [0.15, 0.2) is 64.9 Å². The van der Waals surface area contributed by atoms with Crippen LogP contribution in [0.2, 0.25) is 0 Å². The molecule has 174 valence electrons. The number of aliphatic imine (C=N–C) groups is 1. The summed E-state index contributed by atoms with van der Waals surface area (Å²) in [6.45, 7) is 5.18. The zero-order chi connectivity index (χ0) is 24.0. The van der Waals surface area contributed by atoms with Crippen LogP contribution < -0.4 is 5.32 Å². The number of amidine groups is 1. The van der Waals surface area contributed by atoms with Crippen molar-refractivity contribution in [3.63, 3.8) is 0 Å². The van der Waals surface area contributed by atoms with E-state index in [1.54, 1.807) is 11.1 Å². The van der Waals surface area contributed by atoms with Gasteiger partial charge in [0.15, 0.2) is 0 Å². The topological polar surface area (TPSA) is 98.1 Å². The second kappa shape index (κ2) is 8.49. The quantitative estimate of drug-likeness (QED) is 0.707. The number of nitrogens with one attached hydrogen (secondary N) is 1. The van der Waals surface area contributed by atoms with Gasteiger partial charge in [0.1, 0.15) is 29.2 Å². The summed E-state index contributed by atoms with van der Waals surface area (Å²) in [7, 11) is 0. The number of fused-ring (bicyclic) bond motifs is 2. The summed E-state index contributed by atoms with van der Waals surface area (Å²) >= 11 is 0. The van der Waals surface area contributed by atoms with Gasteiger partial charge in [-0.15, -0.1) is 0 Å². The van der Waals surface area contributed by atoms with E-state index in [1.807, 2.05) is 32.1 Å². The van der Waals surface area contributed by atoms with Crippen molar-refractivity contribution in [1.82, 2.24) is 14.8 Å². The number of pyridine rings is 1. The highest BCUT2D eigenvalue weighted by atomic mass is 19.1. The lowest BCUT2D eigenvalue weighted by molar-refractivity contribution is -0.127. The molecule has 5 rings (SSSR count). The number of aromatic nitrogens is 1. The SMILES string of the molecule is CC1=CN2C(=O)CC(N3Cc4ccccc4C3)N=C2C([C@@H](C)Nc2ncc(F)cc2C(=O)O)=C1. The van der Waals surface area contributed by atoms with E-state index in [0.717, 1.165) is 36.5 Å². The van der Waals surface area contributed by atoms with E-state index in [9.17, 15) is 19.1 Å². The van der Waals surface area contributed by atoms with Crippen molar-refractivity contribution >= 4 is 23.5 Å². The molecule has 0 aliphatic carbocycles. The summed E-state index contributed by atoms with van der Waals surface area (Å²) in [6.07, 6.45) is 4.64. The van der Waals surface area contributed by atoms with Crippen molar-refractivity contribution < 1.29 is 19.1 Å². The van der Waals surface area contributed by atoms with Crippen LogP contribution in [0, 0.1) is 5.82 Å². The molecule has 3 aliphatic heterocycles. The standard InChI is InChI=1S/C25H24FN5O3/c1-14-7-19(15(2)28-23-20(25(33)34)8-18(26)10-27-23)24-29-21(9-22(32)31(24)11-14)30-12-16-5-3-4-6-17(16)13-30/h3-8,10-11,15,21H,9,12-13H2,1-2H3,(H,27,28)(H,33,34)/t15-,21?/m1/s1. The van der Waals surface area contributed by atoms with Gasteiger partial charge >= 0.3 is 5.97 Å². The average Bonchev–Trinajstić information content (AvgIpc) is 3.24. The molecule has 1 unspecified atom stereocenters. The smallest absolute Gasteiger partial charge is 0.339 e. The van der Waals surface area contributed by atoms with Crippen molar-refractivity contribution in [3.05, 3.63) is 82.5 Å². The first-order valence-corrected chi connectivity index (χ1v) is 11.1. The maximum Gasteiger partial charge on any atom is 0.339 e. The third-order valence-electron chi connectivity index (χ3n) is 6.29. The third kappa shape index (κ3) is 3.99. The Bertz CT molecular complexity index is 1260. The lowest BCUT2D eigenvalue weighted by atomic mass is 9.98. The molecule has 9 heteroatoms. The molecule has 0 saturated carbocycles. The number of nitrogens with zero attached hydrogens (tertiary/aromatic N) is 4. The number of halogens is 1. The second-order valence-corrected chi connectivity index (χ2v) is 8.77. The van der Waals surface area contributed by atoms with Crippen LogP contribution in [0.4, 0.5) is 10.2 Å². The molecule has 3 aliphatic rings. The fourth-order valence-electron chi connectivity index (χ4n) is 4.62. The van der Waals surface area contributed by atoms with Crippen molar-refractivity contribution in [2.75, 3.05) is 5.32 Å². The Morgan fingerprint density at radius 1 is 1.26 bits per heavy atom. The van der Waals surface area contributed by atoms with Crippen LogP contribution in [0.3, 0.4) is 0 Å². The van der Waals surface area contributed by atoms with E-state index >= 15 is 0 Å². The number of hydrogen-bond donors (Lipinski definition) is 2. The van der Waals surface area contributed by atoms with Crippen molar-refractivity contribution in [2.24, 2.45) is 4.99 Å². The molecule has 2 N–H and O–H groups in total. The number of amides is 1. The number of anilines is 1. The Morgan fingerprint density at radius 2 is 1.97 bits per heavy atom. The lowest BCUT2D eigenvalue weighted by Gasteiger charge is -2.37. The van der Waals surface area contributed by atoms with Crippen LogP contribution in [-0.2, 0) is 17.9 Å². The van der Waals surface area contributed by atoms with Gasteiger partial charge in [0.2, 0.25) is 5.91 Å². The number of carboxylic acid groups (broad SMARTS) is 1. The highest BCUT2D eigenvalue weighted by Gasteiger charge is 2.37. The number of carbonyl (C=O) groups is 2. The van der Waals surface area contributed by atoms with Gasteiger partial charge in [-0.25, -0.2) is 19.2 Å². The fourth-order valence-corrected chi connectivity index (χ4v) is 4.62. The lowest BCUT2D eigenvalue weighted by Crippen LogP contribution is -2.48. The molecule has 34 heavy (non-hydrogen) atoms. The van der Waals surface area contributed by atoms with E-state index in [2.05, 4.69) is 27.3 Å². The molecule has 4 heterocycles. The first-order chi connectivity index (χ1) is 16.3. The number of benzene rings is 1. The van der Waals surface area contributed by atoms with E-state index in [1.165, 1.54) is 11.1 Å². The first kappa shape index (κ1) is 22.0. The van der Waals surface area contributed by atoms with Gasteiger partial charge in [-0.3, -0.25) is 14.6 Å². The van der Waals surface area contributed by atoms with Crippen molar-refractivity contribution in [2.45, 2.75) is 45.6 Å². The molecule has 0 bridgehead atoms. The summed E-state index contributed by atoms with van der Waals surface area (Å²) in [5, 5.41) is 12.5. The predicted octanol–water partition coefficient (Wildman–Crippen LogP) is 3.54. The number of hydrogen-bond acceptors (Lipinski definition) is 6. The monoisotopic (exact) mass is 461 g/mol. The number of rotatable bonds is 5. The molecular formula is C25H24FN5O3. The van der Waals surface area contributed by atoms with Crippen LogP contribution in [0.5, 0.6) is 0 Å². The average molecular weight is 461 g/mol. The summed E-state index contributed by atoms with van der Waals surface area (Å²) < 4.78 is 13.6. The van der Waals surface area contributed by atoms with E-state index < -0.39 is 17.8 Å². The third-order valence-corrected chi connectivity index (χ3v) is 6.29. The molecule has 1 aromatic carbocycles. The normalized spacial score (nSPS) is 20.7. The number of allylic oxidation sites excluding steroid dienone is 2. The first-order valence-electron chi connectivity index (χ1n) is 11.1. The molecule has 0 radical (unpaired) electrons. The molecule has 2 atom stereocenters. The van der Waals surface area contributed by atoms with Crippen LogP contribution in [0.1, 0.15) is 41.8 Å². The minimum absolute atomic E-state index is 0.0470. The highest BCUT2D eigenvalue weighted by Crippen LogP contribution is 2.31. The number of aromatic carboxylic acids is 1. The van der Waals surface area contributed by atoms with Gasteiger partial charge in [-0.05, 0) is 42.7 Å². The maximum absolute atomic E-state index is 13.6. The molecule has 0 fully saturated rings. The van der Waals surface area contributed by atoms with E-state index in [-0.39, 0.29) is 29.9 Å². The van der Waals surface area contributed by atoms with Gasteiger partial charge in [0.05, 0.1) is 18.7 Å². The largest absolute Gasteiger partial charge is 0.478 e. The summed E-state index contributed by atoms with van der Waals surface area (Å²) in [5.41, 5.74) is 3.82. The fraction of sp³-hybridized carbons (Fsp3) is 0.280. The van der Waals surface area contributed by atoms with Gasteiger partial charge in [-0.1, -0.05) is 24.3 Å². The Labute approximate surface area is 196 Å². The Kier molecular flexibility index (Phi) is 5.49. The molecule has 1 aromatic heterocycles. The van der Waals surface area contributed by atoms with E-state index in [4.69, 9.17) is 4.99 Å². The highest BCUT2D eigenvalue weighted by molar-refractivity contribution is 6.12. The zero-order valence-electron chi connectivity index (χ0n) is 18.8. The van der Waals surface area contributed by atoms with E-state index in [0.29, 0.717) is 5.84 Å². The van der Waals surface area contributed by atoms with Crippen molar-refractivity contribution in [3.8, 4) is 0 Å². The number of carbonyl (C=O) groups excluding carboxylic acids is 1. The molecule has 2 aromatic rings. The molecule has 8 nitrogen and oxygen atoms in total. The predicted molar refractivity (Wildman–Crippen MR) is 124 cm³/mol. The molecule has 0 saturated heterocycles. The minimum Gasteiger partial charge on any atom is -0.478 e. The summed E-state index contributed by atoms with van der Waals surface area (Å²) in [4.78, 5) is 37.4. The Hall–Kier alpha value is -3.85. The van der Waals surface area contributed by atoms with Gasteiger partial charge in [0, 0.05) is 24.9 Å². The summed E-state index contributed by atoms with van der Waals surface area (Å²) in [5.74, 6) is -1.48. The van der Waals surface area contributed by atoms with Crippen LogP contribution in [-0.4, -0.2) is 49.8 Å². The Balaban J connectivity index is 1.45. The zero-order valence-corrected chi connectivity index (χ0v) is 18.8. The van der Waals surface area contributed by atoms with Crippen LogP contribution in [0.25, 0.3) is 0 Å². The van der Waals surface area contributed by atoms with Gasteiger partial charge < -0.3 is 10.4 Å². The van der Waals surface area contributed by atoms with Crippen molar-refractivity contribution in [1.29, 1.82) is 0 Å². The Morgan fingerprint density at radius 3 is 2.65 bits per heavy atom. The summed E-state index contributed by atoms with van der Waals surface area (Å²) in [6, 6.07) is 8.71. The number of carboxylic acids is 1. The maximum atomic E-state index is 13.6.